The molecule has 1 heterocycles. The van der Waals surface area contributed by atoms with Crippen molar-refractivity contribution in [2.45, 2.75) is 6.10 Å². The van der Waals surface area contributed by atoms with E-state index in [1.54, 1.807) is 7.11 Å². The Bertz CT molecular complexity index is 789. The van der Waals surface area contributed by atoms with Crippen LogP contribution >= 0.6 is 0 Å². The molecule has 0 radical (unpaired) electrons. The van der Waals surface area contributed by atoms with Gasteiger partial charge in [-0.15, -0.1) is 0 Å². The number of aromatic nitrogens is 1. The lowest BCUT2D eigenvalue weighted by Crippen LogP contribution is -2.01. The van der Waals surface area contributed by atoms with E-state index < -0.39 is 11.9 Å². The second-order valence-electron chi connectivity index (χ2n) is 4.81. The third kappa shape index (κ3) is 2.71. The number of fused-ring (bicyclic) bond motifs is 1. The van der Waals surface area contributed by atoms with Crippen LogP contribution in [0.4, 0.5) is 4.39 Å². The maximum atomic E-state index is 13.2. The van der Waals surface area contributed by atoms with Gasteiger partial charge in [-0.3, -0.25) is 4.98 Å². The first-order valence-corrected chi connectivity index (χ1v) is 6.53. The molecule has 1 unspecified atom stereocenters. The van der Waals surface area contributed by atoms with Crippen LogP contribution in [-0.2, 0) is 0 Å². The van der Waals surface area contributed by atoms with Crippen LogP contribution in [0.25, 0.3) is 10.8 Å². The number of pyridine rings is 1. The van der Waals surface area contributed by atoms with Gasteiger partial charge in [0.2, 0.25) is 0 Å². The summed E-state index contributed by atoms with van der Waals surface area (Å²) in [6, 6.07) is 12.6. The van der Waals surface area contributed by atoms with Crippen LogP contribution in [0.3, 0.4) is 0 Å². The summed E-state index contributed by atoms with van der Waals surface area (Å²) in [5.41, 5.74) is 1.13. The zero-order chi connectivity index (χ0) is 14.8. The first kappa shape index (κ1) is 13.5. The maximum absolute atomic E-state index is 13.2. The fourth-order valence-corrected chi connectivity index (χ4v) is 2.31. The summed E-state index contributed by atoms with van der Waals surface area (Å²) in [7, 11) is 1.62. The van der Waals surface area contributed by atoms with Gasteiger partial charge < -0.3 is 9.84 Å². The van der Waals surface area contributed by atoms with Crippen LogP contribution in [0.15, 0.2) is 54.9 Å². The largest absolute Gasteiger partial charge is 0.497 e. The molecule has 4 heteroatoms. The molecule has 1 aromatic heterocycles. The molecule has 1 atom stereocenters. The second kappa shape index (κ2) is 5.50. The van der Waals surface area contributed by atoms with Crippen molar-refractivity contribution in [3.63, 3.8) is 0 Å². The predicted octanol–water partition coefficient (Wildman–Crippen LogP) is 3.46. The number of nitrogens with zero attached hydrogens (tertiary/aromatic N) is 1. The van der Waals surface area contributed by atoms with E-state index in [2.05, 4.69) is 4.98 Å². The molecule has 0 aliphatic rings. The number of methoxy groups -OCH3 is 1. The lowest BCUT2D eigenvalue weighted by atomic mass is 9.99. The van der Waals surface area contributed by atoms with E-state index in [9.17, 15) is 9.50 Å². The Morgan fingerprint density at radius 2 is 1.76 bits per heavy atom. The molecule has 3 nitrogen and oxygen atoms in total. The summed E-state index contributed by atoms with van der Waals surface area (Å²) in [6.45, 7) is 0. The van der Waals surface area contributed by atoms with Crippen LogP contribution in [0, 0.1) is 5.82 Å². The zero-order valence-corrected chi connectivity index (χ0v) is 11.5. The zero-order valence-electron chi connectivity index (χ0n) is 11.5. The summed E-state index contributed by atoms with van der Waals surface area (Å²) in [6.07, 6.45) is 1.68. The molecule has 0 saturated heterocycles. The monoisotopic (exact) mass is 283 g/mol. The predicted molar refractivity (Wildman–Crippen MR) is 78.8 cm³/mol. The van der Waals surface area contributed by atoms with Gasteiger partial charge in [-0.1, -0.05) is 18.2 Å². The highest BCUT2D eigenvalue weighted by Crippen LogP contribution is 2.27. The van der Waals surface area contributed by atoms with Gasteiger partial charge in [0.05, 0.1) is 13.3 Å². The second-order valence-corrected chi connectivity index (χ2v) is 4.81. The third-order valence-electron chi connectivity index (χ3n) is 3.43. The number of benzene rings is 2. The van der Waals surface area contributed by atoms with E-state index in [0.717, 1.165) is 22.7 Å². The fraction of sp³-hybridized carbons (Fsp3) is 0.118. The van der Waals surface area contributed by atoms with Gasteiger partial charge in [0, 0.05) is 11.8 Å². The number of aliphatic hydroxyl groups is 1. The van der Waals surface area contributed by atoms with Crippen molar-refractivity contribution < 1.29 is 14.2 Å². The molecule has 0 saturated carbocycles. The molecule has 3 aromatic rings. The van der Waals surface area contributed by atoms with E-state index in [1.165, 1.54) is 12.3 Å². The smallest absolute Gasteiger partial charge is 0.141 e. The molecular weight excluding hydrogens is 269 g/mol. The SMILES string of the molecule is COc1ccc2cc(C(O)c3cncc(F)c3)ccc2c1. The third-order valence-corrected chi connectivity index (χ3v) is 3.43. The highest BCUT2D eigenvalue weighted by Gasteiger charge is 2.12. The van der Waals surface area contributed by atoms with Crippen molar-refractivity contribution in [3.05, 3.63) is 71.8 Å². The van der Waals surface area contributed by atoms with Crippen LogP contribution in [0.2, 0.25) is 0 Å². The average molecular weight is 283 g/mol. The molecule has 2 aromatic carbocycles. The summed E-state index contributed by atoms with van der Waals surface area (Å²) < 4.78 is 18.4. The van der Waals surface area contributed by atoms with Crippen molar-refractivity contribution in [1.82, 2.24) is 4.98 Å². The van der Waals surface area contributed by atoms with Gasteiger partial charge in [-0.05, 0) is 40.6 Å². The summed E-state index contributed by atoms with van der Waals surface area (Å²) in [5, 5.41) is 12.3. The van der Waals surface area contributed by atoms with Gasteiger partial charge in [-0.25, -0.2) is 4.39 Å². The Morgan fingerprint density at radius 1 is 1.00 bits per heavy atom. The Kier molecular flexibility index (Phi) is 3.54. The lowest BCUT2D eigenvalue weighted by molar-refractivity contribution is 0.219. The molecule has 1 N–H and O–H groups in total. The number of hydrogen-bond acceptors (Lipinski definition) is 3. The first-order valence-electron chi connectivity index (χ1n) is 6.53. The minimum Gasteiger partial charge on any atom is -0.497 e. The number of aliphatic hydroxyl groups excluding tert-OH is 1. The molecule has 0 spiro atoms. The van der Waals surface area contributed by atoms with Gasteiger partial charge >= 0.3 is 0 Å². The first-order chi connectivity index (χ1) is 10.2. The molecule has 0 fully saturated rings. The Balaban J connectivity index is 2.00. The van der Waals surface area contributed by atoms with Crippen molar-refractivity contribution >= 4 is 10.8 Å². The number of halogens is 1. The lowest BCUT2D eigenvalue weighted by Gasteiger charge is -2.12. The minimum atomic E-state index is -0.903. The molecule has 0 aliphatic heterocycles. The molecule has 0 aliphatic carbocycles. The van der Waals surface area contributed by atoms with Crippen molar-refractivity contribution in [2.24, 2.45) is 0 Å². The molecule has 3 rings (SSSR count). The molecule has 21 heavy (non-hydrogen) atoms. The Morgan fingerprint density at radius 3 is 2.52 bits per heavy atom. The Labute approximate surface area is 121 Å². The van der Waals surface area contributed by atoms with E-state index in [4.69, 9.17) is 4.74 Å². The van der Waals surface area contributed by atoms with Gasteiger partial charge in [0.25, 0.3) is 0 Å². The van der Waals surface area contributed by atoms with Crippen molar-refractivity contribution in [2.75, 3.05) is 7.11 Å². The van der Waals surface area contributed by atoms with Crippen LogP contribution < -0.4 is 4.74 Å². The standard InChI is InChI=1S/C17H14FNO2/c1-21-16-5-4-11-6-13(3-2-12(11)8-16)17(20)14-7-15(18)10-19-9-14/h2-10,17,20H,1H3. The Hall–Kier alpha value is -2.46. The van der Waals surface area contributed by atoms with Gasteiger partial charge in [0.15, 0.2) is 0 Å². The van der Waals surface area contributed by atoms with Crippen molar-refractivity contribution in [3.8, 4) is 5.75 Å². The maximum Gasteiger partial charge on any atom is 0.141 e. The topological polar surface area (TPSA) is 42.4 Å². The number of ether oxygens (including phenoxy) is 1. The van der Waals surface area contributed by atoms with Gasteiger partial charge in [0.1, 0.15) is 17.7 Å². The minimum absolute atomic E-state index is 0.433. The quantitative estimate of drug-likeness (QED) is 0.800. The number of hydrogen-bond donors (Lipinski definition) is 1. The van der Waals surface area contributed by atoms with Crippen molar-refractivity contribution in [1.29, 1.82) is 0 Å². The molecular formula is C17H14FNO2. The normalized spacial score (nSPS) is 12.3. The molecule has 0 bridgehead atoms. The van der Waals surface area contributed by atoms with E-state index in [0.29, 0.717) is 11.1 Å². The van der Waals surface area contributed by atoms with Gasteiger partial charge in [-0.2, -0.15) is 0 Å². The van der Waals surface area contributed by atoms with Crippen LogP contribution in [0.5, 0.6) is 5.75 Å². The average Bonchev–Trinajstić information content (AvgIpc) is 2.53. The molecule has 106 valence electrons. The summed E-state index contributed by atoms with van der Waals surface area (Å²) in [4.78, 5) is 3.76. The summed E-state index contributed by atoms with van der Waals surface area (Å²) >= 11 is 0. The van der Waals surface area contributed by atoms with E-state index in [1.807, 2.05) is 36.4 Å². The highest BCUT2D eigenvalue weighted by atomic mass is 19.1. The van der Waals surface area contributed by atoms with E-state index in [-0.39, 0.29) is 0 Å². The fourth-order valence-electron chi connectivity index (χ4n) is 2.31. The van der Waals surface area contributed by atoms with Crippen LogP contribution in [-0.4, -0.2) is 17.2 Å². The summed E-state index contributed by atoms with van der Waals surface area (Å²) in [5.74, 6) is 0.321. The van der Waals surface area contributed by atoms with E-state index >= 15 is 0 Å². The molecule has 0 amide bonds. The van der Waals surface area contributed by atoms with Crippen LogP contribution in [0.1, 0.15) is 17.2 Å². The number of rotatable bonds is 3. The highest BCUT2D eigenvalue weighted by molar-refractivity contribution is 5.84.